The second-order valence-corrected chi connectivity index (χ2v) is 10.1. The second kappa shape index (κ2) is 6.53. The lowest BCUT2D eigenvalue weighted by molar-refractivity contribution is -0.160. The minimum atomic E-state index is -2.62. The van der Waals surface area contributed by atoms with Crippen LogP contribution >= 0.6 is 0 Å². The third kappa shape index (κ3) is 2.69. The van der Waals surface area contributed by atoms with Crippen LogP contribution in [0.2, 0.25) is 0 Å². The maximum Gasteiger partial charge on any atom is 0.266 e. The molecule has 2 nitrogen and oxygen atoms in total. The molecular formula is C22H34F2O2. The van der Waals surface area contributed by atoms with E-state index in [9.17, 15) is 18.7 Å². The first-order chi connectivity index (χ1) is 12.3. The third-order valence-corrected chi connectivity index (χ3v) is 9.19. The Hall–Kier alpha value is -0.510. The van der Waals surface area contributed by atoms with Gasteiger partial charge >= 0.3 is 0 Å². The summed E-state index contributed by atoms with van der Waals surface area (Å²) < 4.78 is 26.6. The van der Waals surface area contributed by atoms with Gasteiger partial charge < -0.3 is 5.11 Å². The molecule has 0 aromatic carbocycles. The zero-order valence-electron chi connectivity index (χ0n) is 16.2. The molecule has 0 aromatic heterocycles. The van der Waals surface area contributed by atoms with E-state index in [2.05, 4.69) is 6.92 Å². The number of aliphatic hydroxyl groups is 1. The van der Waals surface area contributed by atoms with Crippen molar-refractivity contribution in [3.63, 3.8) is 0 Å². The Kier molecular flexibility index (Phi) is 4.73. The Morgan fingerprint density at radius 3 is 2.46 bits per heavy atom. The average molecular weight is 369 g/mol. The number of carbonyl (C=O) groups is 1. The summed E-state index contributed by atoms with van der Waals surface area (Å²) in [5.41, 5.74) is -1.58. The van der Waals surface area contributed by atoms with Crippen LogP contribution in [0.1, 0.15) is 78.1 Å². The topological polar surface area (TPSA) is 37.3 Å². The number of ketones is 1. The molecule has 4 saturated carbocycles. The van der Waals surface area contributed by atoms with E-state index >= 15 is 0 Å². The van der Waals surface area contributed by atoms with Crippen LogP contribution < -0.4 is 0 Å². The number of fused-ring (bicyclic) bond motifs is 5. The van der Waals surface area contributed by atoms with Crippen LogP contribution in [0, 0.1) is 40.9 Å². The van der Waals surface area contributed by atoms with Crippen molar-refractivity contribution in [3.8, 4) is 0 Å². The number of halogens is 2. The minimum absolute atomic E-state index is 0.166. The normalized spacial score (nSPS) is 50.8. The Bertz CT molecular complexity index is 564. The highest BCUT2D eigenvalue weighted by Crippen LogP contribution is 2.65. The summed E-state index contributed by atoms with van der Waals surface area (Å²) in [6, 6.07) is 0. The van der Waals surface area contributed by atoms with Crippen molar-refractivity contribution in [2.75, 3.05) is 0 Å². The van der Waals surface area contributed by atoms with Gasteiger partial charge in [-0.25, -0.2) is 8.78 Å². The molecule has 148 valence electrons. The van der Waals surface area contributed by atoms with E-state index < -0.39 is 12.0 Å². The zero-order chi connectivity index (χ0) is 18.7. The maximum atomic E-state index is 13.3. The fraction of sp³-hybridized carbons (Fsp3) is 0.955. The molecule has 26 heavy (non-hydrogen) atoms. The summed E-state index contributed by atoms with van der Waals surface area (Å²) in [7, 11) is 0. The lowest BCUT2D eigenvalue weighted by atomic mass is 9.49. The molecule has 1 N–H and O–H groups in total. The molecule has 0 saturated heterocycles. The molecule has 4 aliphatic rings. The van der Waals surface area contributed by atoms with Crippen LogP contribution in [0.25, 0.3) is 0 Å². The zero-order valence-corrected chi connectivity index (χ0v) is 16.2. The van der Waals surface area contributed by atoms with Crippen molar-refractivity contribution in [1.82, 2.24) is 0 Å². The smallest absolute Gasteiger partial charge is 0.266 e. The van der Waals surface area contributed by atoms with Crippen molar-refractivity contribution in [3.05, 3.63) is 0 Å². The number of alkyl halides is 2. The predicted molar refractivity (Wildman–Crippen MR) is 96.9 cm³/mol. The fourth-order valence-corrected chi connectivity index (χ4v) is 7.88. The van der Waals surface area contributed by atoms with Gasteiger partial charge in [0.05, 0.1) is 0 Å². The Labute approximate surface area is 156 Å². The fourth-order valence-electron chi connectivity index (χ4n) is 7.88. The molecule has 4 fully saturated rings. The van der Waals surface area contributed by atoms with E-state index in [0.717, 1.165) is 38.5 Å². The van der Waals surface area contributed by atoms with Crippen LogP contribution in [0.5, 0.6) is 0 Å². The maximum absolute atomic E-state index is 13.3. The number of Topliss-reactive ketones (excluding diaryl/α,β-unsaturated/α-hetero) is 1. The molecule has 0 spiro atoms. The molecule has 4 rings (SSSR count). The minimum Gasteiger partial charge on any atom is -0.384 e. The quantitative estimate of drug-likeness (QED) is 0.740. The van der Waals surface area contributed by atoms with Crippen LogP contribution in [0.15, 0.2) is 0 Å². The van der Waals surface area contributed by atoms with Crippen molar-refractivity contribution >= 4 is 5.78 Å². The monoisotopic (exact) mass is 368 g/mol. The van der Waals surface area contributed by atoms with Gasteiger partial charge in [0.15, 0.2) is 0 Å². The van der Waals surface area contributed by atoms with Gasteiger partial charge in [-0.3, -0.25) is 4.79 Å². The van der Waals surface area contributed by atoms with E-state index in [1.54, 1.807) is 0 Å². The summed E-state index contributed by atoms with van der Waals surface area (Å²) in [4.78, 5) is 12.5. The number of hydrogen-bond donors (Lipinski definition) is 1. The van der Waals surface area contributed by atoms with Crippen LogP contribution in [0.4, 0.5) is 8.78 Å². The summed E-state index contributed by atoms with van der Waals surface area (Å²) in [6.45, 7) is 4.35. The first-order valence-corrected chi connectivity index (χ1v) is 10.8. The lowest BCUT2D eigenvalue weighted by Gasteiger charge is -2.57. The number of hydrogen-bond acceptors (Lipinski definition) is 2. The molecule has 0 bridgehead atoms. The Balaban J connectivity index is 1.52. The lowest BCUT2D eigenvalue weighted by Crippen LogP contribution is -2.53. The molecule has 0 amide bonds. The van der Waals surface area contributed by atoms with E-state index in [1.165, 1.54) is 6.42 Å². The van der Waals surface area contributed by atoms with Crippen molar-refractivity contribution in [2.45, 2.75) is 90.1 Å². The largest absolute Gasteiger partial charge is 0.384 e. The molecule has 0 heterocycles. The Morgan fingerprint density at radius 2 is 1.77 bits per heavy atom. The van der Waals surface area contributed by atoms with E-state index in [4.69, 9.17) is 0 Å². The molecule has 0 unspecified atom stereocenters. The highest BCUT2D eigenvalue weighted by molar-refractivity contribution is 5.81. The van der Waals surface area contributed by atoms with Gasteiger partial charge in [0.25, 0.3) is 6.43 Å². The highest BCUT2D eigenvalue weighted by atomic mass is 19.3. The van der Waals surface area contributed by atoms with Gasteiger partial charge in [0, 0.05) is 12.3 Å². The van der Waals surface area contributed by atoms with Gasteiger partial charge in [-0.2, -0.15) is 0 Å². The summed E-state index contributed by atoms with van der Waals surface area (Å²) in [5, 5.41) is 10.3. The average Bonchev–Trinajstić information content (AvgIpc) is 2.97. The molecular weight excluding hydrogens is 334 g/mol. The van der Waals surface area contributed by atoms with Gasteiger partial charge in [0.2, 0.25) is 0 Å². The van der Waals surface area contributed by atoms with E-state index in [-0.39, 0.29) is 30.1 Å². The molecule has 4 aliphatic carbocycles. The van der Waals surface area contributed by atoms with Crippen LogP contribution in [-0.2, 0) is 4.79 Å². The van der Waals surface area contributed by atoms with Crippen molar-refractivity contribution < 1.29 is 18.7 Å². The van der Waals surface area contributed by atoms with Gasteiger partial charge in [0.1, 0.15) is 11.4 Å². The molecule has 8 atom stereocenters. The third-order valence-electron chi connectivity index (χ3n) is 9.19. The second-order valence-electron chi connectivity index (χ2n) is 10.1. The van der Waals surface area contributed by atoms with Crippen LogP contribution in [-0.4, -0.2) is 22.9 Å². The van der Waals surface area contributed by atoms with Gasteiger partial charge in [-0.05, 0) is 92.8 Å². The number of rotatable bonds is 3. The SMILES string of the molecule is CCC(=O)[C@H]1CC[C@H]2[C@@H]3CC[C@@H]4C[C@@](O)(C(F)F)CC[C@@H]4[C@H]3CC[C@]12C. The summed E-state index contributed by atoms with van der Waals surface area (Å²) in [6.07, 6.45) is 5.93. The molecule has 0 aromatic rings. The number of carbonyl (C=O) groups excluding carboxylic acids is 1. The predicted octanol–water partition coefficient (Wildman–Crippen LogP) is 5.23. The van der Waals surface area contributed by atoms with E-state index in [1.807, 2.05) is 6.92 Å². The van der Waals surface area contributed by atoms with Crippen LogP contribution in [0.3, 0.4) is 0 Å². The first kappa shape index (κ1) is 18.8. The highest BCUT2D eigenvalue weighted by Gasteiger charge is 2.59. The van der Waals surface area contributed by atoms with Crippen molar-refractivity contribution in [1.29, 1.82) is 0 Å². The molecule has 0 radical (unpaired) electrons. The van der Waals surface area contributed by atoms with Gasteiger partial charge in [-0.1, -0.05) is 13.8 Å². The Morgan fingerprint density at radius 1 is 1.04 bits per heavy atom. The van der Waals surface area contributed by atoms with E-state index in [0.29, 0.717) is 35.9 Å². The first-order valence-electron chi connectivity index (χ1n) is 10.8. The summed E-state index contributed by atoms with van der Waals surface area (Å²) >= 11 is 0. The molecule has 0 aliphatic heterocycles. The van der Waals surface area contributed by atoms with Gasteiger partial charge in [-0.15, -0.1) is 0 Å². The molecule has 4 heteroatoms. The van der Waals surface area contributed by atoms with Crippen molar-refractivity contribution in [2.24, 2.45) is 40.9 Å². The standard InChI is InChI=1S/C22H34F2O2/c1-3-19(25)18-7-6-17-16-5-4-13-12-22(26,20(23)24)11-9-14(13)15(16)8-10-21(17,18)2/h13-18,20,26H,3-12H2,1-2H3/t13-,14+,15-,16-,17+,18-,21+,22-/m1/s1. The summed E-state index contributed by atoms with van der Waals surface area (Å²) in [5.74, 6) is 3.40.